The number of carbonyl (C=O) groups is 3. The molecule has 1 amide bonds. The van der Waals surface area contributed by atoms with E-state index >= 15 is 0 Å². The molecule has 1 aromatic rings. The Balaban J connectivity index is 2.44. The molecule has 1 atom stereocenters. The largest absolute Gasteiger partial charge is 0.467 e. The van der Waals surface area contributed by atoms with Crippen LogP contribution in [0.2, 0.25) is 5.02 Å². The number of amides is 1. The second-order valence-corrected chi connectivity index (χ2v) is 5.18. The highest BCUT2D eigenvalue weighted by molar-refractivity contribution is 6.52. The lowest BCUT2D eigenvalue weighted by atomic mass is 10.1. The van der Waals surface area contributed by atoms with Gasteiger partial charge in [-0.05, 0) is 19.1 Å². The number of benzene rings is 1. The molecule has 1 aromatic carbocycles. The normalized spacial score (nSPS) is 16.7. The number of hydrogen-bond acceptors (Lipinski definition) is 5. The second kappa shape index (κ2) is 5.09. The van der Waals surface area contributed by atoms with Crippen LogP contribution < -0.4 is 4.90 Å². The van der Waals surface area contributed by atoms with Crippen LogP contribution in [0.15, 0.2) is 12.1 Å². The number of hydrogen-bond donors (Lipinski definition) is 1. The first-order valence-electron chi connectivity index (χ1n) is 5.85. The van der Waals surface area contributed by atoms with E-state index in [0.29, 0.717) is 0 Å². The van der Waals surface area contributed by atoms with Crippen molar-refractivity contribution in [3.8, 4) is 0 Å². The van der Waals surface area contributed by atoms with Crippen molar-refractivity contribution < 1.29 is 28.6 Å². The minimum Gasteiger partial charge on any atom is -0.467 e. The van der Waals surface area contributed by atoms with E-state index in [-0.39, 0.29) is 16.3 Å². The summed E-state index contributed by atoms with van der Waals surface area (Å²) in [5.74, 6) is -3.66. The zero-order chi connectivity index (χ0) is 15.9. The highest BCUT2D eigenvalue weighted by Gasteiger charge is 2.43. The van der Waals surface area contributed by atoms with Gasteiger partial charge in [0.15, 0.2) is 5.60 Å². The Bertz CT molecular complexity index is 658. The monoisotopic (exact) mass is 315 g/mol. The standard InChI is InChI=1S/C13H11ClFNO5/c1-13(20,12(19)21-2)5-16-9-4-8(15)7(14)3-6(9)10(17)11(16)18/h3-4,20H,5H2,1-2H3. The topological polar surface area (TPSA) is 83.9 Å². The first-order chi connectivity index (χ1) is 9.69. The van der Waals surface area contributed by atoms with E-state index in [4.69, 9.17) is 11.6 Å². The quantitative estimate of drug-likeness (QED) is 0.662. The summed E-state index contributed by atoms with van der Waals surface area (Å²) in [5, 5.41) is 9.70. The molecular formula is C13H11ClFNO5. The minimum absolute atomic E-state index is 0.0453. The van der Waals surface area contributed by atoms with E-state index < -0.39 is 35.6 Å². The molecule has 6 nitrogen and oxygen atoms in total. The number of rotatable bonds is 3. The number of fused-ring (bicyclic) bond motifs is 1. The number of carbonyl (C=O) groups excluding carboxylic acids is 3. The van der Waals surface area contributed by atoms with E-state index in [2.05, 4.69) is 4.74 Å². The number of anilines is 1. The molecule has 0 saturated heterocycles. The van der Waals surface area contributed by atoms with Crippen LogP contribution in [-0.4, -0.2) is 42.0 Å². The lowest BCUT2D eigenvalue weighted by Crippen LogP contribution is -2.49. The summed E-state index contributed by atoms with van der Waals surface area (Å²) in [7, 11) is 1.07. The van der Waals surface area contributed by atoms with Gasteiger partial charge in [-0.1, -0.05) is 11.6 Å². The van der Waals surface area contributed by atoms with Crippen LogP contribution in [-0.2, 0) is 14.3 Å². The van der Waals surface area contributed by atoms with Gasteiger partial charge in [0.05, 0.1) is 29.9 Å². The first kappa shape index (κ1) is 15.4. The molecule has 1 N–H and O–H groups in total. The zero-order valence-corrected chi connectivity index (χ0v) is 11.9. The summed E-state index contributed by atoms with van der Waals surface area (Å²) < 4.78 is 17.9. The third-order valence-electron chi connectivity index (χ3n) is 3.10. The summed E-state index contributed by atoms with van der Waals surface area (Å²) in [4.78, 5) is 36.0. The van der Waals surface area contributed by atoms with Gasteiger partial charge in [-0.3, -0.25) is 9.59 Å². The predicted molar refractivity (Wildman–Crippen MR) is 70.7 cm³/mol. The van der Waals surface area contributed by atoms with Gasteiger partial charge in [0.2, 0.25) is 0 Å². The summed E-state index contributed by atoms with van der Waals surface area (Å²) in [6, 6.07) is 1.95. The van der Waals surface area contributed by atoms with Crippen LogP contribution in [0.5, 0.6) is 0 Å². The van der Waals surface area contributed by atoms with Crippen molar-refractivity contribution in [2.75, 3.05) is 18.6 Å². The fourth-order valence-electron chi connectivity index (χ4n) is 2.04. The first-order valence-corrected chi connectivity index (χ1v) is 6.23. The van der Waals surface area contributed by atoms with Crippen molar-refractivity contribution in [1.82, 2.24) is 0 Å². The van der Waals surface area contributed by atoms with Crippen LogP contribution in [0.25, 0.3) is 0 Å². The van der Waals surface area contributed by atoms with Gasteiger partial charge in [0.25, 0.3) is 11.7 Å². The molecule has 1 unspecified atom stereocenters. The minimum atomic E-state index is -2.04. The average molecular weight is 316 g/mol. The van der Waals surface area contributed by atoms with E-state index in [1.807, 2.05) is 0 Å². The molecule has 1 aliphatic heterocycles. The molecule has 1 aliphatic rings. The molecule has 0 aromatic heterocycles. The molecule has 0 aliphatic carbocycles. The molecular weight excluding hydrogens is 305 g/mol. The van der Waals surface area contributed by atoms with Crippen molar-refractivity contribution in [3.63, 3.8) is 0 Å². The highest BCUT2D eigenvalue weighted by atomic mass is 35.5. The third kappa shape index (κ3) is 2.50. The smallest absolute Gasteiger partial charge is 0.339 e. The molecule has 2 rings (SSSR count). The van der Waals surface area contributed by atoms with E-state index in [9.17, 15) is 23.9 Å². The van der Waals surface area contributed by atoms with Crippen LogP contribution in [0.3, 0.4) is 0 Å². The lowest BCUT2D eigenvalue weighted by molar-refractivity contribution is -0.159. The Labute approximate surface area is 124 Å². The number of esters is 1. The Morgan fingerprint density at radius 1 is 1.48 bits per heavy atom. The number of nitrogens with zero attached hydrogens (tertiary/aromatic N) is 1. The van der Waals surface area contributed by atoms with Crippen LogP contribution in [0, 0.1) is 5.82 Å². The summed E-state index contributed by atoms with van der Waals surface area (Å²) in [6.45, 7) is 0.583. The summed E-state index contributed by atoms with van der Waals surface area (Å²) >= 11 is 5.58. The number of Topliss-reactive ketones (excluding diaryl/α,β-unsaturated/α-hetero) is 1. The predicted octanol–water partition coefficient (Wildman–Crippen LogP) is 0.932. The van der Waals surface area contributed by atoms with Gasteiger partial charge in [-0.25, -0.2) is 9.18 Å². The number of ketones is 1. The molecule has 21 heavy (non-hydrogen) atoms. The zero-order valence-electron chi connectivity index (χ0n) is 11.1. The third-order valence-corrected chi connectivity index (χ3v) is 3.39. The van der Waals surface area contributed by atoms with Gasteiger partial charge < -0.3 is 14.7 Å². The van der Waals surface area contributed by atoms with Gasteiger partial charge in [-0.2, -0.15) is 0 Å². The van der Waals surface area contributed by atoms with E-state index in [1.54, 1.807) is 0 Å². The van der Waals surface area contributed by atoms with Crippen molar-refractivity contribution in [3.05, 3.63) is 28.5 Å². The lowest BCUT2D eigenvalue weighted by Gasteiger charge is -2.26. The van der Waals surface area contributed by atoms with Crippen LogP contribution in [0.1, 0.15) is 17.3 Å². The molecule has 0 fully saturated rings. The molecule has 8 heteroatoms. The van der Waals surface area contributed by atoms with Gasteiger partial charge in [-0.15, -0.1) is 0 Å². The maximum Gasteiger partial charge on any atom is 0.339 e. The van der Waals surface area contributed by atoms with Crippen molar-refractivity contribution in [1.29, 1.82) is 0 Å². The highest BCUT2D eigenvalue weighted by Crippen LogP contribution is 2.34. The maximum atomic E-state index is 13.5. The summed E-state index contributed by atoms with van der Waals surface area (Å²) in [6.07, 6.45) is 0. The number of β-amino-alcohol motifs (C(OH)–C–C–N with tert-alkyl or cyclic N) is 1. The Morgan fingerprint density at radius 3 is 2.67 bits per heavy atom. The van der Waals surface area contributed by atoms with Crippen LogP contribution >= 0.6 is 11.6 Å². The van der Waals surface area contributed by atoms with Crippen molar-refractivity contribution in [2.45, 2.75) is 12.5 Å². The van der Waals surface area contributed by atoms with Gasteiger partial charge in [0.1, 0.15) is 5.82 Å². The molecule has 1 heterocycles. The number of ether oxygens (including phenoxy) is 1. The van der Waals surface area contributed by atoms with Gasteiger partial charge in [0, 0.05) is 0 Å². The molecule has 0 saturated carbocycles. The fourth-order valence-corrected chi connectivity index (χ4v) is 2.20. The Morgan fingerprint density at radius 2 is 2.10 bits per heavy atom. The Hall–Kier alpha value is -1.99. The SMILES string of the molecule is COC(=O)C(C)(O)CN1C(=O)C(=O)c2cc(Cl)c(F)cc21. The molecule has 112 valence electrons. The van der Waals surface area contributed by atoms with E-state index in [1.165, 1.54) is 0 Å². The number of aliphatic hydroxyl groups is 1. The molecule has 0 bridgehead atoms. The van der Waals surface area contributed by atoms with E-state index in [0.717, 1.165) is 31.1 Å². The number of methoxy groups -OCH3 is 1. The van der Waals surface area contributed by atoms with Crippen LogP contribution in [0.4, 0.5) is 10.1 Å². The average Bonchev–Trinajstić information content (AvgIpc) is 2.64. The van der Waals surface area contributed by atoms with Gasteiger partial charge >= 0.3 is 5.97 Å². The summed E-state index contributed by atoms with van der Waals surface area (Å²) in [5.41, 5.74) is -2.16. The number of halogens is 2. The van der Waals surface area contributed by atoms with Crippen molar-refractivity contribution >= 4 is 34.9 Å². The second-order valence-electron chi connectivity index (χ2n) is 4.77. The fraction of sp³-hybridized carbons (Fsp3) is 0.308. The van der Waals surface area contributed by atoms with Crippen molar-refractivity contribution in [2.24, 2.45) is 0 Å². The molecule has 0 spiro atoms. The maximum absolute atomic E-state index is 13.5. The Kier molecular flexibility index (Phi) is 3.73. The molecule has 0 radical (unpaired) electrons.